The van der Waals surface area contributed by atoms with Crippen molar-refractivity contribution in [2.24, 2.45) is 0 Å². The van der Waals surface area contributed by atoms with E-state index < -0.39 is 12.6 Å². The van der Waals surface area contributed by atoms with Crippen LogP contribution in [0.2, 0.25) is 0 Å². The van der Waals surface area contributed by atoms with E-state index in [0.29, 0.717) is 5.69 Å². The lowest BCUT2D eigenvalue weighted by molar-refractivity contribution is 0.0696. The van der Waals surface area contributed by atoms with Gasteiger partial charge in [0.05, 0.1) is 12.2 Å². The Morgan fingerprint density at radius 3 is 2.92 bits per heavy atom. The first-order valence-electron chi connectivity index (χ1n) is 3.48. The van der Waals surface area contributed by atoms with E-state index in [2.05, 4.69) is 5.10 Å². The molecule has 0 fully saturated rings. The lowest BCUT2D eigenvalue weighted by atomic mass is 10.3. The zero-order valence-corrected chi connectivity index (χ0v) is 6.62. The van der Waals surface area contributed by atoms with E-state index in [0.717, 1.165) is 0 Å². The van der Waals surface area contributed by atoms with Gasteiger partial charge in [0.15, 0.2) is 0 Å². The fourth-order valence-electron chi connectivity index (χ4n) is 0.929. The van der Waals surface area contributed by atoms with Crippen LogP contribution in [-0.4, -0.2) is 27.5 Å². The maximum absolute atomic E-state index is 11.8. The van der Waals surface area contributed by atoms with Crippen molar-refractivity contribution in [2.45, 2.75) is 13.5 Å². The van der Waals surface area contributed by atoms with Crippen LogP contribution in [0.5, 0.6) is 0 Å². The molecule has 5 heteroatoms. The maximum Gasteiger partial charge on any atom is 0.339 e. The summed E-state index contributed by atoms with van der Waals surface area (Å²) in [5, 5.41) is 12.4. The summed E-state index contributed by atoms with van der Waals surface area (Å²) in [5.41, 5.74) is 0.541. The molecule has 0 aliphatic carbocycles. The number of carbonyl (C=O) groups is 1. The topological polar surface area (TPSA) is 55.1 Å². The van der Waals surface area contributed by atoms with Gasteiger partial charge in [0.2, 0.25) is 0 Å². The molecule has 0 bridgehead atoms. The number of halogens is 1. The van der Waals surface area contributed by atoms with Crippen molar-refractivity contribution in [1.29, 1.82) is 0 Å². The molecule has 0 aromatic carbocycles. The standard InChI is InChI=1S/C7H9FN2O2/c1-5-6(7(11)12)4-10(9-5)3-2-8/h4H,2-3H2,1H3,(H,11,12). The van der Waals surface area contributed by atoms with Crippen molar-refractivity contribution in [3.05, 3.63) is 17.5 Å². The molecule has 0 unspecified atom stereocenters. The van der Waals surface area contributed by atoms with Crippen molar-refractivity contribution in [3.8, 4) is 0 Å². The number of hydrogen-bond donors (Lipinski definition) is 1. The monoisotopic (exact) mass is 172 g/mol. The third kappa shape index (κ3) is 1.61. The van der Waals surface area contributed by atoms with Crippen LogP contribution in [0.1, 0.15) is 16.1 Å². The van der Waals surface area contributed by atoms with Crippen molar-refractivity contribution < 1.29 is 14.3 Å². The molecule has 0 atom stereocenters. The molecule has 0 saturated heterocycles. The molecular formula is C7H9FN2O2. The van der Waals surface area contributed by atoms with Crippen molar-refractivity contribution in [1.82, 2.24) is 9.78 Å². The largest absolute Gasteiger partial charge is 0.478 e. The third-order valence-corrected chi connectivity index (χ3v) is 1.49. The summed E-state index contributed by atoms with van der Waals surface area (Å²) in [5.74, 6) is -1.03. The molecule has 0 radical (unpaired) electrons. The Hall–Kier alpha value is -1.39. The van der Waals surface area contributed by atoms with Crippen LogP contribution in [0, 0.1) is 6.92 Å². The summed E-state index contributed by atoms with van der Waals surface area (Å²) >= 11 is 0. The maximum atomic E-state index is 11.8. The Bertz CT molecular complexity index is 296. The summed E-state index contributed by atoms with van der Waals surface area (Å²) < 4.78 is 13.1. The highest BCUT2D eigenvalue weighted by molar-refractivity contribution is 5.88. The highest BCUT2D eigenvalue weighted by Gasteiger charge is 2.10. The van der Waals surface area contributed by atoms with Gasteiger partial charge < -0.3 is 5.11 Å². The lowest BCUT2D eigenvalue weighted by Gasteiger charge is -1.92. The van der Waals surface area contributed by atoms with Crippen molar-refractivity contribution in [2.75, 3.05) is 6.67 Å². The second-order valence-corrected chi connectivity index (χ2v) is 2.39. The van der Waals surface area contributed by atoms with Crippen LogP contribution in [0.25, 0.3) is 0 Å². The van der Waals surface area contributed by atoms with E-state index in [9.17, 15) is 9.18 Å². The van der Waals surface area contributed by atoms with E-state index in [1.807, 2.05) is 0 Å². The molecule has 1 aromatic rings. The number of carboxylic acids is 1. The van der Waals surface area contributed by atoms with Crippen molar-refractivity contribution in [3.63, 3.8) is 0 Å². The first-order chi connectivity index (χ1) is 5.65. The fourth-order valence-corrected chi connectivity index (χ4v) is 0.929. The van der Waals surface area contributed by atoms with Crippen LogP contribution in [0.4, 0.5) is 4.39 Å². The van der Waals surface area contributed by atoms with Gasteiger partial charge in [-0.2, -0.15) is 5.10 Å². The smallest absolute Gasteiger partial charge is 0.339 e. The first-order valence-corrected chi connectivity index (χ1v) is 3.48. The summed E-state index contributed by atoms with van der Waals surface area (Å²) in [6.07, 6.45) is 1.33. The number of alkyl halides is 1. The van der Waals surface area contributed by atoms with Crippen LogP contribution in [0.15, 0.2) is 6.20 Å². The second-order valence-electron chi connectivity index (χ2n) is 2.39. The molecule has 1 heterocycles. The van der Waals surface area contributed by atoms with E-state index in [-0.39, 0.29) is 12.1 Å². The molecule has 0 saturated carbocycles. The molecule has 0 spiro atoms. The van der Waals surface area contributed by atoms with E-state index in [1.54, 1.807) is 6.92 Å². The average Bonchev–Trinajstić information content (AvgIpc) is 2.32. The van der Waals surface area contributed by atoms with Crippen molar-refractivity contribution >= 4 is 5.97 Å². The third-order valence-electron chi connectivity index (χ3n) is 1.49. The Morgan fingerprint density at radius 1 is 1.83 bits per heavy atom. The minimum Gasteiger partial charge on any atom is -0.478 e. The number of aromatic nitrogens is 2. The van der Waals surface area contributed by atoms with Crippen LogP contribution in [0.3, 0.4) is 0 Å². The van der Waals surface area contributed by atoms with Gasteiger partial charge in [0.1, 0.15) is 12.2 Å². The molecule has 1 rings (SSSR count). The number of carboxylic acid groups (broad SMARTS) is 1. The van der Waals surface area contributed by atoms with Gasteiger partial charge in [-0.3, -0.25) is 4.68 Å². The minimum absolute atomic E-state index is 0.105. The quantitative estimate of drug-likeness (QED) is 0.735. The number of hydrogen-bond acceptors (Lipinski definition) is 2. The zero-order valence-electron chi connectivity index (χ0n) is 6.62. The highest BCUT2D eigenvalue weighted by Crippen LogP contribution is 2.04. The minimum atomic E-state index is -1.03. The highest BCUT2D eigenvalue weighted by atomic mass is 19.1. The SMILES string of the molecule is Cc1nn(CCF)cc1C(=O)O. The molecule has 12 heavy (non-hydrogen) atoms. The Morgan fingerprint density at radius 2 is 2.50 bits per heavy atom. The van der Waals surface area contributed by atoms with Crippen LogP contribution < -0.4 is 0 Å². The fraction of sp³-hybridized carbons (Fsp3) is 0.429. The Balaban J connectivity index is 2.92. The van der Waals surface area contributed by atoms with E-state index in [1.165, 1.54) is 10.9 Å². The van der Waals surface area contributed by atoms with Gasteiger partial charge in [-0.05, 0) is 6.92 Å². The molecule has 0 amide bonds. The van der Waals surface area contributed by atoms with Gasteiger partial charge >= 0.3 is 5.97 Å². The first kappa shape index (κ1) is 8.70. The van der Waals surface area contributed by atoms with Gasteiger partial charge in [-0.25, -0.2) is 9.18 Å². The van der Waals surface area contributed by atoms with Gasteiger partial charge in [0.25, 0.3) is 0 Å². The van der Waals surface area contributed by atoms with E-state index >= 15 is 0 Å². The molecule has 66 valence electrons. The molecular weight excluding hydrogens is 163 g/mol. The number of nitrogens with zero attached hydrogens (tertiary/aromatic N) is 2. The lowest BCUT2D eigenvalue weighted by Crippen LogP contribution is -1.99. The van der Waals surface area contributed by atoms with Gasteiger partial charge in [-0.15, -0.1) is 0 Å². The second kappa shape index (κ2) is 3.34. The predicted molar refractivity (Wildman–Crippen MR) is 39.9 cm³/mol. The number of aromatic carboxylic acids is 1. The van der Waals surface area contributed by atoms with Gasteiger partial charge in [-0.1, -0.05) is 0 Å². The summed E-state index contributed by atoms with van der Waals surface area (Å²) in [6, 6.07) is 0. The molecule has 0 aliphatic heterocycles. The number of aryl methyl sites for hydroxylation is 2. The Labute approximate surface area is 68.6 Å². The van der Waals surface area contributed by atoms with Gasteiger partial charge in [0, 0.05) is 6.20 Å². The van der Waals surface area contributed by atoms with Crippen LogP contribution in [-0.2, 0) is 6.54 Å². The Kier molecular flexibility index (Phi) is 2.42. The predicted octanol–water partition coefficient (Wildman–Crippen LogP) is 0.859. The average molecular weight is 172 g/mol. The number of rotatable bonds is 3. The van der Waals surface area contributed by atoms with Crippen LogP contribution >= 0.6 is 0 Å². The molecule has 1 aromatic heterocycles. The molecule has 4 nitrogen and oxygen atoms in total. The zero-order chi connectivity index (χ0) is 9.14. The van der Waals surface area contributed by atoms with E-state index in [4.69, 9.17) is 5.11 Å². The summed E-state index contributed by atoms with van der Waals surface area (Å²) in [6.45, 7) is 1.15. The normalized spacial score (nSPS) is 10.2. The summed E-state index contributed by atoms with van der Waals surface area (Å²) in [7, 11) is 0. The summed E-state index contributed by atoms with van der Waals surface area (Å²) in [4.78, 5) is 10.5. The molecule has 1 N–H and O–H groups in total. The molecule has 0 aliphatic rings.